The van der Waals surface area contributed by atoms with Gasteiger partial charge in [-0.05, 0) is 50.9 Å². The quantitative estimate of drug-likeness (QED) is 0.562. The lowest BCUT2D eigenvalue weighted by atomic mass is 9.86. The molecule has 3 rings (SSSR count). The molecule has 1 atom stereocenters. The van der Waals surface area contributed by atoms with E-state index in [1.807, 2.05) is 26.8 Å². The van der Waals surface area contributed by atoms with Gasteiger partial charge in [-0.2, -0.15) is 0 Å². The van der Waals surface area contributed by atoms with Crippen LogP contribution in [0.3, 0.4) is 0 Å². The number of benzene rings is 1. The third kappa shape index (κ3) is 5.77. The summed E-state index contributed by atoms with van der Waals surface area (Å²) in [6.07, 6.45) is 0.724. The molecule has 11 heteroatoms. The number of hydrogen-bond donors (Lipinski definition) is 2. The predicted octanol–water partition coefficient (Wildman–Crippen LogP) is 3.61. The van der Waals surface area contributed by atoms with Crippen molar-refractivity contribution in [1.82, 2.24) is 20.2 Å². The molecule has 1 saturated carbocycles. The highest BCUT2D eigenvalue weighted by Gasteiger charge is 2.37. The number of halogens is 2. The zero-order chi connectivity index (χ0) is 26.2. The average Bonchev–Trinajstić information content (AvgIpc) is 3.13. The van der Waals surface area contributed by atoms with Crippen LogP contribution in [0, 0.1) is 5.92 Å². The molecule has 1 fully saturated rings. The SMILES string of the molecule is CCNC(=O)C(NC)S(=O)(=O)N(C)c1ccc2c(c1)nc(C(C)(C)C)n2CC1CCC(F)(F)CC1. The van der Waals surface area contributed by atoms with Crippen LogP contribution in [0.25, 0.3) is 11.0 Å². The fraction of sp³-hybridized carbons (Fsp3) is 0.667. The van der Waals surface area contributed by atoms with Crippen LogP contribution >= 0.6 is 0 Å². The number of imidazole rings is 1. The van der Waals surface area contributed by atoms with Gasteiger partial charge >= 0.3 is 0 Å². The first kappa shape index (κ1) is 27.3. The maximum Gasteiger partial charge on any atom is 0.260 e. The van der Waals surface area contributed by atoms with Crippen LogP contribution in [-0.2, 0) is 26.8 Å². The number of fused-ring (bicyclic) bond motifs is 1. The van der Waals surface area contributed by atoms with Gasteiger partial charge < -0.3 is 9.88 Å². The minimum Gasteiger partial charge on any atom is -0.354 e. The Hall–Kier alpha value is -2.27. The molecule has 1 aliphatic carbocycles. The molecule has 1 aromatic heterocycles. The number of aromatic nitrogens is 2. The van der Waals surface area contributed by atoms with Crippen LogP contribution in [0.15, 0.2) is 18.2 Å². The third-order valence-corrected chi connectivity index (χ3v) is 8.59. The van der Waals surface area contributed by atoms with Crippen LogP contribution < -0.4 is 14.9 Å². The summed E-state index contributed by atoms with van der Waals surface area (Å²) in [4.78, 5) is 17.1. The van der Waals surface area contributed by atoms with Crippen LogP contribution in [0.1, 0.15) is 59.2 Å². The van der Waals surface area contributed by atoms with Crippen molar-refractivity contribution in [1.29, 1.82) is 0 Å². The molecule has 0 bridgehead atoms. The summed E-state index contributed by atoms with van der Waals surface area (Å²) in [5.41, 5.74) is 1.53. The van der Waals surface area contributed by atoms with E-state index in [2.05, 4.69) is 15.2 Å². The van der Waals surface area contributed by atoms with Crippen LogP contribution in [0.2, 0.25) is 0 Å². The molecular weight excluding hydrogens is 476 g/mol. The first-order valence-corrected chi connectivity index (χ1v) is 13.5. The van der Waals surface area contributed by atoms with Gasteiger partial charge in [0.2, 0.25) is 11.3 Å². The second-order valence-electron chi connectivity index (χ2n) is 10.3. The molecule has 35 heavy (non-hydrogen) atoms. The monoisotopic (exact) mass is 513 g/mol. The molecule has 0 saturated heterocycles. The van der Waals surface area contributed by atoms with Gasteiger partial charge in [0.15, 0.2) is 0 Å². The molecule has 196 valence electrons. The largest absolute Gasteiger partial charge is 0.354 e. The van der Waals surface area contributed by atoms with Gasteiger partial charge in [0.25, 0.3) is 15.9 Å². The van der Waals surface area contributed by atoms with Crippen molar-refractivity contribution < 1.29 is 22.0 Å². The van der Waals surface area contributed by atoms with E-state index >= 15 is 0 Å². The van der Waals surface area contributed by atoms with Crippen molar-refractivity contribution >= 4 is 32.7 Å². The maximum absolute atomic E-state index is 13.7. The van der Waals surface area contributed by atoms with Crippen LogP contribution in [-0.4, -0.2) is 55.8 Å². The number of nitrogens with zero attached hydrogens (tertiary/aromatic N) is 3. The molecular formula is C24H37F2N5O3S. The standard InChI is InChI=1S/C24H37F2N5O3S/c1-7-28-20(32)21(27-5)35(33,34)30(6)17-8-9-19-18(14-17)29-22(23(2,3)4)31(19)15-16-10-12-24(25,26)13-11-16/h8-9,14,16,21,27H,7,10-13,15H2,1-6H3,(H,28,32). The van der Waals surface area contributed by atoms with E-state index in [1.54, 1.807) is 19.1 Å². The lowest BCUT2D eigenvalue weighted by Gasteiger charge is -2.30. The summed E-state index contributed by atoms with van der Waals surface area (Å²) in [6, 6.07) is 5.19. The van der Waals surface area contributed by atoms with Crippen LogP contribution in [0.5, 0.6) is 0 Å². The van der Waals surface area contributed by atoms with E-state index in [0.717, 1.165) is 15.6 Å². The number of hydrogen-bond acceptors (Lipinski definition) is 5. The summed E-state index contributed by atoms with van der Waals surface area (Å²) < 4.78 is 56.9. The molecule has 1 unspecified atom stereocenters. The lowest BCUT2D eigenvalue weighted by Crippen LogP contribution is -2.52. The third-order valence-electron chi connectivity index (χ3n) is 6.57. The summed E-state index contributed by atoms with van der Waals surface area (Å²) in [6.45, 7) is 8.75. The molecule has 0 aliphatic heterocycles. The molecule has 1 aliphatic rings. The summed E-state index contributed by atoms with van der Waals surface area (Å²) >= 11 is 0. The van der Waals surface area contributed by atoms with E-state index < -0.39 is 27.2 Å². The van der Waals surface area contributed by atoms with E-state index in [0.29, 0.717) is 37.1 Å². The number of carbonyl (C=O) groups is 1. The van der Waals surface area contributed by atoms with Gasteiger partial charge in [0.05, 0.1) is 16.7 Å². The van der Waals surface area contributed by atoms with Gasteiger partial charge in [-0.15, -0.1) is 0 Å². The molecule has 8 nitrogen and oxygen atoms in total. The molecule has 1 heterocycles. The lowest BCUT2D eigenvalue weighted by molar-refractivity contribution is -0.121. The molecule has 2 aromatic rings. The summed E-state index contributed by atoms with van der Waals surface area (Å²) in [5, 5.41) is 3.69. The fourth-order valence-electron chi connectivity index (χ4n) is 4.60. The number of alkyl halides is 2. The fourth-order valence-corrected chi connectivity index (χ4v) is 5.97. The maximum atomic E-state index is 13.7. The van der Waals surface area contributed by atoms with Gasteiger partial charge in [0.1, 0.15) is 5.82 Å². The number of sulfonamides is 1. The highest BCUT2D eigenvalue weighted by Crippen LogP contribution is 2.38. The molecule has 0 radical (unpaired) electrons. The number of anilines is 1. The number of rotatable bonds is 8. The van der Waals surface area contributed by atoms with Crippen molar-refractivity contribution in [3.8, 4) is 0 Å². The highest BCUT2D eigenvalue weighted by molar-refractivity contribution is 7.94. The second kappa shape index (κ2) is 10.0. The zero-order valence-corrected chi connectivity index (χ0v) is 22.2. The average molecular weight is 514 g/mol. The smallest absolute Gasteiger partial charge is 0.260 e. The number of likely N-dealkylation sites (N-methyl/N-ethyl adjacent to an activating group) is 2. The van der Waals surface area contributed by atoms with Crippen molar-refractivity contribution in [2.24, 2.45) is 5.92 Å². The number of amides is 1. The van der Waals surface area contributed by atoms with E-state index in [-0.39, 0.29) is 24.2 Å². The Bertz CT molecular complexity index is 1160. The van der Waals surface area contributed by atoms with Gasteiger partial charge in [-0.1, -0.05) is 20.8 Å². The van der Waals surface area contributed by atoms with Gasteiger partial charge in [-0.25, -0.2) is 22.2 Å². The molecule has 1 aromatic carbocycles. The van der Waals surface area contributed by atoms with Gasteiger partial charge in [-0.3, -0.25) is 14.4 Å². The van der Waals surface area contributed by atoms with Crippen molar-refractivity contribution in [3.05, 3.63) is 24.0 Å². The Morgan fingerprint density at radius 3 is 2.46 bits per heavy atom. The van der Waals surface area contributed by atoms with E-state index in [9.17, 15) is 22.0 Å². The molecule has 2 N–H and O–H groups in total. The van der Waals surface area contributed by atoms with Crippen molar-refractivity contribution in [2.45, 2.75) is 76.6 Å². The second-order valence-corrected chi connectivity index (χ2v) is 12.4. The predicted molar refractivity (Wildman–Crippen MR) is 134 cm³/mol. The number of carbonyl (C=O) groups excluding carboxylic acids is 1. The minimum absolute atomic E-state index is 0.0970. The highest BCUT2D eigenvalue weighted by atomic mass is 32.2. The molecule has 1 amide bonds. The van der Waals surface area contributed by atoms with Gasteiger partial charge in [0, 0.05) is 38.4 Å². The Kier molecular flexibility index (Phi) is 7.81. The summed E-state index contributed by atoms with van der Waals surface area (Å²) in [7, 11) is -1.22. The topological polar surface area (TPSA) is 96.3 Å². The van der Waals surface area contributed by atoms with Crippen LogP contribution in [0.4, 0.5) is 14.5 Å². The van der Waals surface area contributed by atoms with Crippen molar-refractivity contribution in [3.63, 3.8) is 0 Å². The van der Waals surface area contributed by atoms with E-state index in [4.69, 9.17) is 4.98 Å². The first-order valence-electron chi connectivity index (χ1n) is 12.0. The normalized spacial score (nSPS) is 17.9. The Labute approximate surface area is 206 Å². The summed E-state index contributed by atoms with van der Waals surface area (Å²) in [5.74, 6) is -2.25. The first-order chi connectivity index (χ1) is 16.2. The Balaban J connectivity index is 1.97. The Morgan fingerprint density at radius 2 is 1.91 bits per heavy atom. The zero-order valence-electron chi connectivity index (χ0n) is 21.4. The number of nitrogens with one attached hydrogen (secondary N) is 2. The Morgan fingerprint density at radius 1 is 1.29 bits per heavy atom. The van der Waals surface area contributed by atoms with Crippen molar-refractivity contribution in [2.75, 3.05) is 24.9 Å². The molecule has 0 spiro atoms. The minimum atomic E-state index is -4.06. The van der Waals surface area contributed by atoms with E-state index in [1.165, 1.54) is 14.1 Å².